The Morgan fingerprint density at radius 2 is 2.11 bits per heavy atom. The van der Waals surface area contributed by atoms with Gasteiger partial charge in [-0.3, -0.25) is 0 Å². The first-order chi connectivity index (χ1) is 8.65. The zero-order chi connectivity index (χ0) is 12.7. The van der Waals surface area contributed by atoms with E-state index in [4.69, 9.17) is 5.73 Å². The van der Waals surface area contributed by atoms with Gasteiger partial charge in [-0.15, -0.1) is 0 Å². The van der Waals surface area contributed by atoms with Gasteiger partial charge in [-0.25, -0.2) is 4.98 Å². The summed E-state index contributed by atoms with van der Waals surface area (Å²) >= 11 is 0. The highest BCUT2D eigenvalue weighted by molar-refractivity contribution is 5.69. The van der Waals surface area contributed by atoms with Crippen LogP contribution in [0.5, 0.6) is 5.75 Å². The summed E-state index contributed by atoms with van der Waals surface area (Å²) in [5.74, 6) is 0.170. The van der Waals surface area contributed by atoms with Gasteiger partial charge in [0.2, 0.25) is 0 Å². The van der Waals surface area contributed by atoms with Gasteiger partial charge in [0.15, 0.2) is 11.4 Å². The molecule has 0 unspecified atom stereocenters. The maximum absolute atomic E-state index is 9.72. The second-order valence-electron chi connectivity index (χ2n) is 4.32. The van der Waals surface area contributed by atoms with Crippen LogP contribution in [0.3, 0.4) is 0 Å². The highest BCUT2D eigenvalue weighted by Gasteiger charge is 2.07. The fraction of sp³-hybridized carbons (Fsp3) is 0.0714. The van der Waals surface area contributed by atoms with Gasteiger partial charge in [0.05, 0.1) is 5.69 Å². The molecule has 3 rings (SSSR count). The van der Waals surface area contributed by atoms with Crippen LogP contribution in [0, 0.1) is 6.92 Å². The molecule has 0 radical (unpaired) electrons. The van der Waals surface area contributed by atoms with Gasteiger partial charge in [-0.05, 0) is 30.7 Å². The molecule has 0 atom stereocenters. The van der Waals surface area contributed by atoms with E-state index < -0.39 is 0 Å². The number of pyridine rings is 1. The summed E-state index contributed by atoms with van der Waals surface area (Å²) in [5.41, 5.74) is 9.98. The van der Waals surface area contributed by atoms with Gasteiger partial charge in [0.1, 0.15) is 0 Å². The predicted octanol–water partition coefficient (Wildman–Crippen LogP) is 2.60. The lowest BCUT2D eigenvalue weighted by Crippen LogP contribution is -1.89. The Kier molecular flexibility index (Phi) is 2.23. The Bertz CT molecular complexity index is 731. The zero-order valence-electron chi connectivity index (χ0n) is 9.96. The lowest BCUT2D eigenvalue weighted by Gasteiger charge is -2.01. The van der Waals surface area contributed by atoms with Gasteiger partial charge in [-0.2, -0.15) is 0 Å². The highest BCUT2D eigenvalue weighted by Crippen LogP contribution is 2.25. The van der Waals surface area contributed by atoms with Gasteiger partial charge in [-0.1, -0.05) is 12.1 Å². The summed E-state index contributed by atoms with van der Waals surface area (Å²) in [4.78, 5) is 4.41. The zero-order valence-corrected chi connectivity index (χ0v) is 9.96. The first kappa shape index (κ1) is 10.7. The number of nitrogens with zero attached hydrogens (tertiary/aromatic N) is 2. The fourth-order valence-electron chi connectivity index (χ4n) is 1.94. The number of aryl methyl sites for hydroxylation is 1. The smallest absolute Gasteiger partial charge is 0.180 e. The van der Waals surface area contributed by atoms with Crippen LogP contribution in [0.2, 0.25) is 0 Å². The normalized spacial score (nSPS) is 10.9. The van der Waals surface area contributed by atoms with E-state index in [1.807, 2.05) is 37.5 Å². The summed E-state index contributed by atoms with van der Waals surface area (Å²) in [6, 6.07) is 9.24. The summed E-state index contributed by atoms with van der Waals surface area (Å²) < 4.78 is 1.79. The first-order valence-electron chi connectivity index (χ1n) is 5.68. The summed E-state index contributed by atoms with van der Waals surface area (Å²) in [6.45, 7) is 1.97. The van der Waals surface area contributed by atoms with E-state index in [2.05, 4.69) is 4.98 Å². The number of hydrogen-bond donors (Lipinski definition) is 2. The predicted molar refractivity (Wildman–Crippen MR) is 71.4 cm³/mol. The van der Waals surface area contributed by atoms with Crippen molar-refractivity contribution in [1.29, 1.82) is 0 Å². The molecule has 1 aromatic carbocycles. The van der Waals surface area contributed by atoms with Crippen molar-refractivity contribution in [3.8, 4) is 17.0 Å². The molecule has 0 amide bonds. The lowest BCUT2D eigenvalue weighted by molar-refractivity contribution is 0.477. The Balaban J connectivity index is 2.19. The minimum atomic E-state index is 0.170. The number of imidazole rings is 1. The first-order valence-corrected chi connectivity index (χ1v) is 5.68. The van der Waals surface area contributed by atoms with E-state index in [1.54, 1.807) is 16.5 Å². The van der Waals surface area contributed by atoms with Crippen molar-refractivity contribution in [2.24, 2.45) is 0 Å². The van der Waals surface area contributed by atoms with Gasteiger partial charge < -0.3 is 15.2 Å². The molecule has 0 spiro atoms. The quantitative estimate of drug-likeness (QED) is 0.641. The standard InChI is InChI=1S/C14H13N3O/c1-9-4-5-10(7-11(9)15)12-8-17-6-2-3-13(18)14(17)16-12/h2-8,18H,15H2,1H3. The Hall–Kier alpha value is -2.49. The van der Waals surface area contributed by atoms with Crippen molar-refractivity contribution in [3.63, 3.8) is 0 Å². The van der Waals surface area contributed by atoms with Crippen molar-refractivity contribution < 1.29 is 5.11 Å². The molecule has 0 saturated heterocycles. The highest BCUT2D eigenvalue weighted by atomic mass is 16.3. The molecular formula is C14H13N3O. The van der Waals surface area contributed by atoms with Crippen LogP contribution in [0.1, 0.15) is 5.56 Å². The third kappa shape index (κ3) is 1.59. The van der Waals surface area contributed by atoms with E-state index in [-0.39, 0.29) is 5.75 Å². The van der Waals surface area contributed by atoms with E-state index >= 15 is 0 Å². The molecule has 0 aliphatic heterocycles. The van der Waals surface area contributed by atoms with E-state index in [0.29, 0.717) is 5.65 Å². The number of anilines is 1. The molecule has 0 bridgehead atoms. The monoisotopic (exact) mass is 239 g/mol. The third-order valence-electron chi connectivity index (χ3n) is 3.04. The number of aromatic hydroxyl groups is 1. The van der Waals surface area contributed by atoms with E-state index in [0.717, 1.165) is 22.5 Å². The van der Waals surface area contributed by atoms with E-state index in [9.17, 15) is 5.11 Å². The van der Waals surface area contributed by atoms with E-state index in [1.165, 1.54) is 0 Å². The molecule has 0 aliphatic rings. The lowest BCUT2D eigenvalue weighted by atomic mass is 10.1. The summed E-state index contributed by atoms with van der Waals surface area (Å²) in [7, 11) is 0. The van der Waals surface area contributed by atoms with Crippen LogP contribution in [0.25, 0.3) is 16.9 Å². The molecule has 2 aromatic heterocycles. The largest absolute Gasteiger partial charge is 0.504 e. The molecule has 3 N–H and O–H groups in total. The van der Waals surface area contributed by atoms with Gasteiger partial charge in [0, 0.05) is 23.6 Å². The number of hydrogen-bond acceptors (Lipinski definition) is 3. The number of nitrogen functional groups attached to an aromatic ring is 1. The van der Waals surface area contributed by atoms with Crippen LogP contribution in [-0.2, 0) is 0 Å². The Morgan fingerprint density at radius 3 is 2.83 bits per heavy atom. The third-order valence-corrected chi connectivity index (χ3v) is 3.04. The number of benzene rings is 1. The number of nitrogens with two attached hydrogens (primary N) is 1. The van der Waals surface area contributed by atoms with Gasteiger partial charge in [0.25, 0.3) is 0 Å². The fourth-order valence-corrected chi connectivity index (χ4v) is 1.94. The minimum Gasteiger partial charge on any atom is -0.504 e. The number of fused-ring (bicyclic) bond motifs is 1. The SMILES string of the molecule is Cc1ccc(-c2cn3cccc(O)c3n2)cc1N. The Morgan fingerprint density at radius 1 is 1.28 bits per heavy atom. The maximum Gasteiger partial charge on any atom is 0.180 e. The molecule has 4 nitrogen and oxygen atoms in total. The molecule has 2 heterocycles. The topological polar surface area (TPSA) is 63.5 Å². The maximum atomic E-state index is 9.72. The molecule has 0 fully saturated rings. The van der Waals surface area contributed by atoms with Crippen LogP contribution in [0.15, 0.2) is 42.7 Å². The average molecular weight is 239 g/mol. The van der Waals surface area contributed by atoms with Crippen molar-refractivity contribution >= 4 is 11.3 Å². The van der Waals surface area contributed by atoms with Crippen molar-refractivity contribution in [2.45, 2.75) is 6.92 Å². The van der Waals surface area contributed by atoms with Crippen LogP contribution in [0.4, 0.5) is 5.69 Å². The van der Waals surface area contributed by atoms with Crippen LogP contribution < -0.4 is 5.73 Å². The molecule has 90 valence electrons. The molecule has 18 heavy (non-hydrogen) atoms. The molecule has 0 saturated carbocycles. The van der Waals surface area contributed by atoms with Crippen LogP contribution >= 0.6 is 0 Å². The minimum absolute atomic E-state index is 0.170. The summed E-state index contributed by atoms with van der Waals surface area (Å²) in [6.07, 6.45) is 3.72. The van der Waals surface area contributed by atoms with Crippen molar-refractivity contribution in [1.82, 2.24) is 9.38 Å². The van der Waals surface area contributed by atoms with Crippen molar-refractivity contribution in [2.75, 3.05) is 5.73 Å². The molecule has 3 aromatic rings. The molecule has 0 aliphatic carbocycles. The number of rotatable bonds is 1. The Labute approximate surface area is 104 Å². The number of aromatic nitrogens is 2. The average Bonchev–Trinajstić information content (AvgIpc) is 2.78. The van der Waals surface area contributed by atoms with Gasteiger partial charge >= 0.3 is 0 Å². The van der Waals surface area contributed by atoms with Crippen molar-refractivity contribution in [3.05, 3.63) is 48.3 Å². The second-order valence-corrected chi connectivity index (χ2v) is 4.32. The molecular weight excluding hydrogens is 226 g/mol. The molecule has 4 heteroatoms. The second kappa shape index (κ2) is 3.77. The van der Waals surface area contributed by atoms with Crippen LogP contribution in [-0.4, -0.2) is 14.5 Å². The summed E-state index contributed by atoms with van der Waals surface area (Å²) in [5, 5.41) is 9.72.